The van der Waals surface area contributed by atoms with Crippen LogP contribution in [-0.4, -0.2) is 37.4 Å². The van der Waals surface area contributed by atoms with Crippen molar-refractivity contribution in [2.75, 3.05) is 6.61 Å². The first-order valence-electron chi connectivity index (χ1n) is 7.72. The summed E-state index contributed by atoms with van der Waals surface area (Å²) in [6, 6.07) is -0.291. The molecule has 2 unspecified atom stereocenters. The maximum Gasteiger partial charge on any atom is 0.326 e. The second-order valence-corrected chi connectivity index (χ2v) is 8.98. The summed E-state index contributed by atoms with van der Waals surface area (Å²) in [5, 5.41) is 0. The van der Waals surface area contributed by atoms with Crippen LogP contribution in [0.2, 0.25) is 0 Å². The molecule has 0 aromatic carbocycles. The van der Waals surface area contributed by atoms with Gasteiger partial charge in [0.2, 0.25) is 0 Å². The molecule has 0 bridgehead atoms. The molecule has 2 fully saturated rings. The minimum atomic E-state index is -1.14. The van der Waals surface area contributed by atoms with E-state index < -0.39 is 11.0 Å². The average Bonchev–Trinajstić information content (AvgIpc) is 3.06. The van der Waals surface area contributed by atoms with Crippen molar-refractivity contribution < 1.29 is 13.7 Å². The zero-order valence-electron chi connectivity index (χ0n) is 13.1. The summed E-state index contributed by atoms with van der Waals surface area (Å²) < 4.78 is 19.6. The van der Waals surface area contributed by atoms with Crippen LogP contribution >= 0.6 is 0 Å². The highest BCUT2D eigenvalue weighted by atomic mass is 32.2. The van der Waals surface area contributed by atoms with E-state index in [1.807, 2.05) is 32.0 Å². The monoisotopic (exact) mass is 301 g/mol. The van der Waals surface area contributed by atoms with Gasteiger partial charge in [-0.25, -0.2) is 4.21 Å². The van der Waals surface area contributed by atoms with Crippen LogP contribution in [0.3, 0.4) is 0 Å². The number of esters is 1. The molecule has 5 heteroatoms. The first kappa shape index (κ1) is 16.0. The van der Waals surface area contributed by atoms with Crippen molar-refractivity contribution in [1.29, 1.82) is 0 Å². The molecule has 2 rings (SSSR count). The third-order valence-electron chi connectivity index (χ3n) is 4.30. The number of hydrogen-bond donors (Lipinski definition) is 0. The van der Waals surface area contributed by atoms with Gasteiger partial charge in [-0.05, 0) is 40.5 Å². The average molecular weight is 301 g/mol. The van der Waals surface area contributed by atoms with Crippen molar-refractivity contribution >= 4 is 17.0 Å². The van der Waals surface area contributed by atoms with Crippen LogP contribution in [0.5, 0.6) is 0 Å². The minimum absolute atomic E-state index is 0.188. The normalized spacial score (nSPS) is 30.6. The number of carbonyl (C=O) groups excluding carboxylic acids is 1. The van der Waals surface area contributed by atoms with Gasteiger partial charge in [0.15, 0.2) is 0 Å². The summed E-state index contributed by atoms with van der Waals surface area (Å²) in [6.07, 6.45) is 6.61. The molecule has 0 aromatic rings. The molecule has 3 atom stereocenters. The SMILES string of the molecule is CCOC(=O)[C@H]1N(S(=O)C(C)(C)C)C12CCCCCC2. The topological polar surface area (TPSA) is 46.4 Å². The van der Waals surface area contributed by atoms with E-state index in [-0.39, 0.29) is 22.3 Å². The van der Waals surface area contributed by atoms with Gasteiger partial charge >= 0.3 is 5.97 Å². The molecule has 1 spiro atoms. The van der Waals surface area contributed by atoms with Crippen LogP contribution in [0, 0.1) is 0 Å². The second-order valence-electron chi connectivity index (χ2n) is 6.86. The van der Waals surface area contributed by atoms with Crippen LogP contribution in [0.4, 0.5) is 0 Å². The molecular formula is C15H27NO3S. The Bertz CT molecular complexity index is 394. The molecule has 116 valence electrons. The van der Waals surface area contributed by atoms with Gasteiger partial charge in [0, 0.05) is 0 Å². The fraction of sp³-hybridized carbons (Fsp3) is 0.933. The molecule has 1 heterocycles. The Morgan fingerprint density at radius 3 is 2.25 bits per heavy atom. The van der Waals surface area contributed by atoms with E-state index in [1.165, 1.54) is 12.8 Å². The number of carbonyl (C=O) groups is 1. The highest BCUT2D eigenvalue weighted by Crippen LogP contribution is 2.53. The molecule has 2 aliphatic rings. The lowest BCUT2D eigenvalue weighted by atomic mass is 9.96. The Morgan fingerprint density at radius 2 is 1.80 bits per heavy atom. The zero-order chi connectivity index (χ0) is 15.0. The van der Waals surface area contributed by atoms with Gasteiger partial charge in [-0.1, -0.05) is 25.7 Å². The minimum Gasteiger partial charge on any atom is -0.465 e. The molecule has 4 nitrogen and oxygen atoms in total. The third kappa shape index (κ3) is 2.80. The highest BCUT2D eigenvalue weighted by Gasteiger charge is 2.69. The van der Waals surface area contributed by atoms with Crippen molar-refractivity contribution in [3.05, 3.63) is 0 Å². The van der Waals surface area contributed by atoms with Gasteiger partial charge in [0.25, 0.3) is 0 Å². The summed E-state index contributed by atoms with van der Waals surface area (Å²) in [5.41, 5.74) is -0.194. The quantitative estimate of drug-likeness (QED) is 0.595. The molecule has 20 heavy (non-hydrogen) atoms. The predicted octanol–water partition coefficient (Wildman–Crippen LogP) is 2.79. The molecule has 0 radical (unpaired) electrons. The maximum absolute atomic E-state index is 12.8. The number of ether oxygens (including phenoxy) is 1. The van der Waals surface area contributed by atoms with Crippen molar-refractivity contribution in [1.82, 2.24) is 4.31 Å². The summed E-state index contributed by atoms with van der Waals surface area (Å²) in [5.74, 6) is -0.188. The van der Waals surface area contributed by atoms with Crippen LogP contribution in [0.25, 0.3) is 0 Å². The lowest BCUT2D eigenvalue weighted by molar-refractivity contribution is -0.143. The third-order valence-corrected chi connectivity index (χ3v) is 6.28. The van der Waals surface area contributed by atoms with Crippen LogP contribution in [-0.2, 0) is 20.5 Å². The zero-order valence-corrected chi connectivity index (χ0v) is 13.9. The highest BCUT2D eigenvalue weighted by molar-refractivity contribution is 7.84. The van der Waals surface area contributed by atoms with Gasteiger partial charge in [0.1, 0.15) is 17.0 Å². The molecule has 1 saturated heterocycles. The first-order valence-corrected chi connectivity index (χ1v) is 8.83. The van der Waals surface area contributed by atoms with E-state index in [9.17, 15) is 9.00 Å². The lowest BCUT2D eigenvalue weighted by Crippen LogP contribution is -2.31. The van der Waals surface area contributed by atoms with Gasteiger partial charge < -0.3 is 4.74 Å². The lowest BCUT2D eigenvalue weighted by Gasteiger charge is -2.22. The van der Waals surface area contributed by atoms with Crippen molar-refractivity contribution in [2.24, 2.45) is 0 Å². The van der Waals surface area contributed by atoms with Crippen LogP contribution in [0.15, 0.2) is 0 Å². The Hall–Kier alpha value is -0.420. The van der Waals surface area contributed by atoms with Gasteiger partial charge in [0.05, 0.1) is 16.9 Å². The fourth-order valence-corrected chi connectivity index (χ4v) is 4.90. The van der Waals surface area contributed by atoms with Gasteiger partial charge in [-0.2, -0.15) is 4.31 Å². The standard InChI is InChI=1S/C15H27NO3S/c1-5-19-13(17)12-15(10-8-6-7-9-11-15)16(12)20(18)14(2,3)4/h12H,5-11H2,1-4H3/t12-,16?,20?/m1/s1. The van der Waals surface area contributed by atoms with Crippen LogP contribution < -0.4 is 0 Å². The Labute approximate surface area is 124 Å². The molecule has 1 saturated carbocycles. The Kier molecular flexibility index (Phi) is 4.59. The summed E-state index contributed by atoms with van der Waals surface area (Å²) >= 11 is 0. The van der Waals surface area contributed by atoms with E-state index in [0.717, 1.165) is 25.7 Å². The summed E-state index contributed by atoms with van der Waals surface area (Å²) in [7, 11) is -1.14. The predicted molar refractivity (Wildman–Crippen MR) is 80.6 cm³/mol. The van der Waals surface area contributed by atoms with Crippen molar-refractivity contribution in [3.8, 4) is 0 Å². The Morgan fingerprint density at radius 1 is 1.25 bits per heavy atom. The van der Waals surface area contributed by atoms with E-state index in [1.54, 1.807) is 0 Å². The molecular weight excluding hydrogens is 274 g/mol. The first-order chi connectivity index (χ1) is 9.34. The number of hydrogen-bond acceptors (Lipinski definition) is 3. The molecule has 1 aliphatic carbocycles. The smallest absolute Gasteiger partial charge is 0.326 e. The van der Waals surface area contributed by atoms with Crippen molar-refractivity contribution in [3.63, 3.8) is 0 Å². The van der Waals surface area contributed by atoms with E-state index in [2.05, 4.69) is 0 Å². The van der Waals surface area contributed by atoms with E-state index in [0.29, 0.717) is 6.61 Å². The maximum atomic E-state index is 12.8. The Balaban J connectivity index is 2.23. The van der Waals surface area contributed by atoms with Crippen LogP contribution in [0.1, 0.15) is 66.2 Å². The molecule has 1 aliphatic heterocycles. The van der Waals surface area contributed by atoms with Crippen molar-refractivity contribution in [2.45, 2.75) is 82.5 Å². The number of nitrogens with zero attached hydrogens (tertiary/aromatic N) is 1. The fourth-order valence-electron chi connectivity index (χ4n) is 3.27. The second kappa shape index (κ2) is 5.76. The van der Waals surface area contributed by atoms with E-state index >= 15 is 0 Å². The van der Waals surface area contributed by atoms with Gasteiger partial charge in [-0.3, -0.25) is 4.79 Å². The van der Waals surface area contributed by atoms with Gasteiger partial charge in [-0.15, -0.1) is 0 Å². The molecule has 0 amide bonds. The molecule has 0 N–H and O–H groups in total. The molecule has 0 aromatic heterocycles. The summed E-state index contributed by atoms with van der Waals surface area (Å²) in [6.45, 7) is 8.11. The van der Waals surface area contributed by atoms with E-state index in [4.69, 9.17) is 4.74 Å². The number of rotatable bonds is 3. The summed E-state index contributed by atoms with van der Waals surface area (Å²) in [4.78, 5) is 12.2. The largest absolute Gasteiger partial charge is 0.465 e.